The lowest BCUT2D eigenvalue weighted by atomic mass is 10.1. The number of piperazine rings is 1. The first-order valence-electron chi connectivity index (χ1n) is 7.72. The van der Waals surface area contributed by atoms with Gasteiger partial charge in [0.15, 0.2) is 0 Å². The monoisotopic (exact) mass is 394 g/mol. The number of hydrogen-bond donors (Lipinski definition) is 1. The van der Waals surface area contributed by atoms with E-state index >= 15 is 0 Å². The van der Waals surface area contributed by atoms with Gasteiger partial charge in [-0.05, 0) is 41.9 Å². The van der Waals surface area contributed by atoms with Gasteiger partial charge in [-0.25, -0.2) is 9.78 Å². The number of carbonyl (C=O) groups is 1. The second kappa shape index (κ2) is 6.08. The van der Waals surface area contributed by atoms with E-state index < -0.39 is 6.09 Å². The van der Waals surface area contributed by atoms with Gasteiger partial charge < -0.3 is 19.5 Å². The molecular formula is C16H19BrN4O3. The molecule has 0 bridgehead atoms. The smallest absolute Gasteiger partial charge is 0.407 e. The molecule has 1 amide bonds. The second-order valence-electron chi connectivity index (χ2n) is 6.21. The van der Waals surface area contributed by atoms with Crippen LogP contribution in [0.4, 0.5) is 10.5 Å². The van der Waals surface area contributed by atoms with Gasteiger partial charge in [-0.2, -0.15) is 0 Å². The molecule has 1 fully saturated rings. The summed E-state index contributed by atoms with van der Waals surface area (Å²) in [5.41, 5.74) is 2.12. The number of carboxylic acid groups (broad SMARTS) is 1. The number of pyridine rings is 2. The van der Waals surface area contributed by atoms with Crippen LogP contribution >= 0.6 is 15.9 Å². The van der Waals surface area contributed by atoms with E-state index in [1.807, 2.05) is 19.9 Å². The first-order valence-corrected chi connectivity index (χ1v) is 8.51. The normalized spacial score (nSPS) is 21.3. The topological polar surface area (TPSA) is 78.7 Å². The number of nitrogens with zero attached hydrogens (tertiary/aromatic N) is 4. The van der Waals surface area contributed by atoms with Gasteiger partial charge in [0.25, 0.3) is 5.56 Å². The highest BCUT2D eigenvalue weighted by Gasteiger charge is 2.33. The van der Waals surface area contributed by atoms with Crippen molar-refractivity contribution in [3.8, 4) is 0 Å². The van der Waals surface area contributed by atoms with E-state index in [-0.39, 0.29) is 17.6 Å². The molecule has 24 heavy (non-hydrogen) atoms. The lowest BCUT2D eigenvalue weighted by Gasteiger charge is -2.44. The van der Waals surface area contributed by atoms with E-state index in [0.29, 0.717) is 17.7 Å². The summed E-state index contributed by atoms with van der Waals surface area (Å²) >= 11 is 3.39. The maximum Gasteiger partial charge on any atom is 0.407 e. The summed E-state index contributed by atoms with van der Waals surface area (Å²) in [6.07, 6.45) is -0.913. The maximum atomic E-state index is 12.3. The number of aromatic nitrogens is 2. The third kappa shape index (κ3) is 2.75. The first kappa shape index (κ1) is 16.8. The summed E-state index contributed by atoms with van der Waals surface area (Å²) in [6, 6.07) is 5.04. The lowest BCUT2D eigenvalue weighted by molar-refractivity contribution is 0.114. The van der Waals surface area contributed by atoms with E-state index in [1.165, 1.54) is 4.90 Å². The summed E-state index contributed by atoms with van der Waals surface area (Å²) in [7, 11) is 1.72. The molecule has 0 aliphatic carbocycles. The predicted molar refractivity (Wildman–Crippen MR) is 95.7 cm³/mol. The highest BCUT2D eigenvalue weighted by Crippen LogP contribution is 2.29. The van der Waals surface area contributed by atoms with Gasteiger partial charge in [0, 0.05) is 38.3 Å². The standard InChI is InChI=1S/C16H19BrN4O3/c1-9-8-21(16(23)24)10(2)7-20(9)12-6-14(22)19(3)11-4-5-13(17)18-15(11)12/h4-6,9-10H,7-8H2,1-3H3,(H,23,24)/t9-,10+/m0/s1. The molecule has 1 N–H and O–H groups in total. The highest BCUT2D eigenvalue weighted by molar-refractivity contribution is 9.10. The Balaban J connectivity index is 2.13. The van der Waals surface area contributed by atoms with Crippen LogP contribution in [-0.2, 0) is 7.05 Å². The number of amides is 1. The second-order valence-corrected chi connectivity index (χ2v) is 7.03. The molecule has 3 heterocycles. The quantitative estimate of drug-likeness (QED) is 0.750. The molecule has 2 aromatic rings. The molecule has 0 unspecified atom stereocenters. The van der Waals surface area contributed by atoms with Gasteiger partial charge in [0.1, 0.15) is 10.1 Å². The van der Waals surface area contributed by atoms with Gasteiger partial charge in [-0.15, -0.1) is 0 Å². The molecule has 1 aliphatic rings. The van der Waals surface area contributed by atoms with E-state index in [4.69, 9.17) is 0 Å². The van der Waals surface area contributed by atoms with Gasteiger partial charge in [0.2, 0.25) is 0 Å². The Kier molecular flexibility index (Phi) is 4.25. The number of aryl methyl sites for hydroxylation is 1. The van der Waals surface area contributed by atoms with Crippen LogP contribution in [-0.4, -0.2) is 50.8 Å². The molecule has 7 nitrogen and oxygen atoms in total. The minimum absolute atomic E-state index is 0.0478. The Hall–Kier alpha value is -2.09. The van der Waals surface area contributed by atoms with Crippen LogP contribution in [0.15, 0.2) is 27.6 Å². The van der Waals surface area contributed by atoms with Crippen molar-refractivity contribution in [3.05, 3.63) is 33.2 Å². The van der Waals surface area contributed by atoms with E-state index in [1.54, 1.807) is 23.7 Å². The van der Waals surface area contributed by atoms with Crippen molar-refractivity contribution in [2.24, 2.45) is 7.05 Å². The number of halogens is 1. The third-order valence-corrected chi connectivity index (χ3v) is 5.02. The SMILES string of the molecule is C[C@@H]1CN(c2cc(=O)n(C)c3ccc(Br)nc23)[C@@H](C)CN1C(=O)O. The average Bonchev–Trinajstić information content (AvgIpc) is 2.52. The zero-order chi connectivity index (χ0) is 17.6. The van der Waals surface area contributed by atoms with Crippen molar-refractivity contribution in [1.82, 2.24) is 14.5 Å². The summed E-state index contributed by atoms with van der Waals surface area (Å²) in [5.74, 6) is 0. The van der Waals surface area contributed by atoms with Crippen LogP contribution in [0.3, 0.4) is 0 Å². The van der Waals surface area contributed by atoms with Crippen LogP contribution in [0.1, 0.15) is 13.8 Å². The molecule has 128 valence electrons. The fourth-order valence-corrected chi connectivity index (χ4v) is 3.55. The van der Waals surface area contributed by atoms with Crippen LogP contribution in [0.2, 0.25) is 0 Å². The summed E-state index contributed by atoms with van der Waals surface area (Å²) < 4.78 is 2.26. The molecule has 0 saturated carbocycles. The minimum atomic E-state index is -0.913. The van der Waals surface area contributed by atoms with Crippen molar-refractivity contribution in [1.29, 1.82) is 0 Å². The van der Waals surface area contributed by atoms with Gasteiger partial charge >= 0.3 is 6.09 Å². The Labute approximate surface area is 147 Å². The molecule has 3 rings (SSSR count). The summed E-state index contributed by atoms with van der Waals surface area (Å²) in [5, 5.41) is 9.31. The van der Waals surface area contributed by atoms with Crippen molar-refractivity contribution in [3.63, 3.8) is 0 Å². The molecule has 0 aromatic carbocycles. The maximum absolute atomic E-state index is 12.3. The highest BCUT2D eigenvalue weighted by atomic mass is 79.9. The minimum Gasteiger partial charge on any atom is -0.465 e. The molecule has 2 aromatic heterocycles. The summed E-state index contributed by atoms with van der Waals surface area (Å²) in [6.45, 7) is 4.74. The zero-order valence-electron chi connectivity index (χ0n) is 13.7. The molecule has 1 aliphatic heterocycles. The number of rotatable bonds is 1. The molecular weight excluding hydrogens is 376 g/mol. The zero-order valence-corrected chi connectivity index (χ0v) is 15.3. The van der Waals surface area contributed by atoms with Gasteiger partial charge in [-0.1, -0.05) is 0 Å². The van der Waals surface area contributed by atoms with Crippen LogP contribution < -0.4 is 10.5 Å². The third-order valence-electron chi connectivity index (χ3n) is 4.58. The van der Waals surface area contributed by atoms with Crippen LogP contribution in [0.25, 0.3) is 11.0 Å². The number of fused-ring (bicyclic) bond motifs is 1. The van der Waals surface area contributed by atoms with E-state index in [0.717, 1.165) is 16.7 Å². The fraction of sp³-hybridized carbons (Fsp3) is 0.438. The Bertz CT molecular complexity index is 866. The average molecular weight is 395 g/mol. The molecule has 0 radical (unpaired) electrons. The van der Waals surface area contributed by atoms with Crippen LogP contribution in [0.5, 0.6) is 0 Å². The van der Waals surface area contributed by atoms with Crippen molar-refractivity contribution < 1.29 is 9.90 Å². The molecule has 2 atom stereocenters. The lowest BCUT2D eigenvalue weighted by Crippen LogP contribution is -2.58. The largest absolute Gasteiger partial charge is 0.465 e. The molecule has 1 saturated heterocycles. The van der Waals surface area contributed by atoms with Crippen molar-refractivity contribution in [2.45, 2.75) is 25.9 Å². The van der Waals surface area contributed by atoms with E-state index in [2.05, 4.69) is 25.8 Å². The summed E-state index contributed by atoms with van der Waals surface area (Å²) in [4.78, 5) is 31.7. The Morgan fingerprint density at radius 2 is 2.00 bits per heavy atom. The number of anilines is 1. The van der Waals surface area contributed by atoms with Gasteiger partial charge in [-0.3, -0.25) is 4.79 Å². The Morgan fingerprint density at radius 1 is 1.29 bits per heavy atom. The van der Waals surface area contributed by atoms with Gasteiger partial charge in [0.05, 0.1) is 11.2 Å². The van der Waals surface area contributed by atoms with E-state index in [9.17, 15) is 14.7 Å². The molecule has 0 spiro atoms. The van der Waals surface area contributed by atoms with Crippen LogP contribution in [0, 0.1) is 0 Å². The first-order chi connectivity index (χ1) is 11.3. The fourth-order valence-electron chi connectivity index (χ4n) is 3.24. The Morgan fingerprint density at radius 3 is 2.67 bits per heavy atom. The van der Waals surface area contributed by atoms with Crippen molar-refractivity contribution >= 4 is 38.7 Å². The number of hydrogen-bond acceptors (Lipinski definition) is 4. The predicted octanol–water partition coefficient (Wildman–Crippen LogP) is 2.27. The van der Waals surface area contributed by atoms with Crippen molar-refractivity contribution in [2.75, 3.05) is 18.0 Å². The molecule has 8 heteroatoms.